The Hall–Kier alpha value is -2.00. The summed E-state index contributed by atoms with van der Waals surface area (Å²) in [6.45, 7) is 2.29. The van der Waals surface area contributed by atoms with Crippen LogP contribution in [0, 0.1) is 6.92 Å². The van der Waals surface area contributed by atoms with Crippen LogP contribution in [0.3, 0.4) is 0 Å². The Kier molecular flexibility index (Phi) is 7.60. The van der Waals surface area contributed by atoms with Gasteiger partial charge in [0.25, 0.3) is 0 Å². The number of nitrogens with zero attached hydrogens (tertiary/aromatic N) is 4. The average Bonchev–Trinajstić information content (AvgIpc) is 2.67. The van der Waals surface area contributed by atoms with Crippen molar-refractivity contribution < 1.29 is 14.2 Å². The Labute approximate surface area is 186 Å². The maximum Gasteiger partial charge on any atom is 0.241 e. The number of ether oxygens (including phenoxy) is 3. The van der Waals surface area contributed by atoms with Crippen molar-refractivity contribution in [3.05, 3.63) is 51.1 Å². The van der Waals surface area contributed by atoms with Gasteiger partial charge in [0, 0.05) is 28.9 Å². The molecular weight excluding hydrogens is 459 g/mol. The number of halogens is 3. The first-order chi connectivity index (χ1) is 13.9. The van der Waals surface area contributed by atoms with Gasteiger partial charge >= 0.3 is 0 Å². The summed E-state index contributed by atoms with van der Waals surface area (Å²) >= 11 is 19.4. The monoisotopic (exact) mass is 472 g/mol. The van der Waals surface area contributed by atoms with E-state index in [1.54, 1.807) is 30.3 Å². The summed E-state index contributed by atoms with van der Waals surface area (Å²) in [5.41, 5.74) is 0.799. The predicted octanol–water partition coefficient (Wildman–Crippen LogP) is 5.51. The topological polar surface area (TPSA) is 79.2 Å². The molecule has 0 amide bonds. The molecule has 29 heavy (non-hydrogen) atoms. The van der Waals surface area contributed by atoms with Crippen LogP contribution in [0.25, 0.3) is 0 Å². The molecule has 152 valence electrons. The Morgan fingerprint density at radius 3 is 2.17 bits per heavy atom. The van der Waals surface area contributed by atoms with E-state index in [1.165, 1.54) is 11.8 Å². The van der Waals surface area contributed by atoms with Crippen molar-refractivity contribution in [3.63, 3.8) is 0 Å². The highest BCUT2D eigenvalue weighted by Gasteiger charge is 2.10. The minimum absolute atomic E-state index is 0.207. The van der Waals surface area contributed by atoms with Crippen LogP contribution in [-0.2, 0) is 0 Å². The third-order valence-electron chi connectivity index (χ3n) is 3.36. The number of rotatable bonds is 8. The predicted molar refractivity (Wildman–Crippen MR) is 113 cm³/mol. The number of aromatic nitrogens is 4. The number of hydrogen-bond donors (Lipinski definition) is 0. The van der Waals surface area contributed by atoms with Gasteiger partial charge in [-0.1, -0.05) is 46.6 Å². The molecule has 2 heterocycles. The number of thioether (sulfide) groups is 1. The normalized spacial score (nSPS) is 10.7. The first-order valence-electron chi connectivity index (χ1n) is 8.26. The maximum absolute atomic E-state index is 6.06. The molecule has 11 heteroatoms. The minimum atomic E-state index is 0.207. The fourth-order valence-electron chi connectivity index (χ4n) is 2.16. The molecule has 0 aliphatic rings. The van der Waals surface area contributed by atoms with Crippen LogP contribution in [0.1, 0.15) is 5.69 Å². The van der Waals surface area contributed by atoms with Gasteiger partial charge in [0.15, 0.2) is 10.9 Å². The van der Waals surface area contributed by atoms with Crippen molar-refractivity contribution in [2.75, 3.05) is 19.5 Å². The summed E-state index contributed by atoms with van der Waals surface area (Å²) in [7, 11) is 0. The van der Waals surface area contributed by atoms with Crippen molar-refractivity contribution in [2.24, 2.45) is 0 Å². The second kappa shape index (κ2) is 10.2. The zero-order valence-corrected chi connectivity index (χ0v) is 18.4. The van der Waals surface area contributed by atoms with E-state index in [0.29, 0.717) is 43.6 Å². The molecule has 3 rings (SSSR count). The summed E-state index contributed by atoms with van der Waals surface area (Å²) in [6, 6.07) is 8.09. The molecule has 0 saturated heterocycles. The van der Waals surface area contributed by atoms with Gasteiger partial charge in [-0.15, -0.1) is 10.2 Å². The number of aryl methyl sites for hydroxylation is 1. The summed E-state index contributed by atoms with van der Waals surface area (Å²) in [6.07, 6.45) is 1.89. The molecule has 1 aromatic carbocycles. The lowest BCUT2D eigenvalue weighted by Crippen LogP contribution is -2.10. The second-order valence-corrected chi connectivity index (χ2v) is 7.57. The van der Waals surface area contributed by atoms with Crippen LogP contribution in [0.15, 0.2) is 35.5 Å². The Morgan fingerprint density at radius 1 is 0.862 bits per heavy atom. The van der Waals surface area contributed by atoms with Gasteiger partial charge < -0.3 is 14.2 Å². The van der Waals surface area contributed by atoms with Gasteiger partial charge in [0.05, 0.1) is 10.0 Å². The highest BCUT2D eigenvalue weighted by atomic mass is 35.5. The second-order valence-electron chi connectivity index (χ2n) is 5.54. The lowest BCUT2D eigenvalue weighted by Gasteiger charge is -2.11. The van der Waals surface area contributed by atoms with Crippen LogP contribution in [0.2, 0.25) is 15.1 Å². The molecule has 0 aliphatic heterocycles. The summed E-state index contributed by atoms with van der Waals surface area (Å²) in [5.74, 6) is 1.35. The van der Waals surface area contributed by atoms with E-state index in [2.05, 4.69) is 20.2 Å². The lowest BCUT2D eigenvalue weighted by atomic mass is 10.3. The Bertz CT molecular complexity index is 970. The Balaban J connectivity index is 1.52. The van der Waals surface area contributed by atoms with Gasteiger partial charge in [0.2, 0.25) is 17.6 Å². The molecule has 0 bridgehead atoms. The van der Waals surface area contributed by atoms with E-state index in [-0.39, 0.29) is 13.2 Å². The Morgan fingerprint density at radius 2 is 1.52 bits per heavy atom. The molecule has 3 aromatic rings. The van der Waals surface area contributed by atoms with Crippen LogP contribution in [0.4, 0.5) is 0 Å². The van der Waals surface area contributed by atoms with Crippen LogP contribution in [-0.4, -0.2) is 39.6 Å². The van der Waals surface area contributed by atoms with E-state index in [9.17, 15) is 0 Å². The molecular formula is C18H15Cl3N4O3S. The average molecular weight is 474 g/mol. The molecule has 7 nitrogen and oxygen atoms in total. The summed E-state index contributed by atoms with van der Waals surface area (Å²) < 4.78 is 16.7. The highest BCUT2D eigenvalue weighted by Crippen LogP contribution is 2.35. The van der Waals surface area contributed by atoms with Crippen LogP contribution in [0.5, 0.6) is 23.4 Å². The molecule has 0 saturated carbocycles. The van der Waals surface area contributed by atoms with Crippen molar-refractivity contribution in [3.8, 4) is 23.4 Å². The number of hydrogen-bond acceptors (Lipinski definition) is 8. The fourth-order valence-corrected chi connectivity index (χ4v) is 3.50. The van der Waals surface area contributed by atoms with Crippen molar-refractivity contribution in [2.45, 2.75) is 12.1 Å². The third kappa shape index (κ3) is 6.24. The number of benzene rings is 1. The molecule has 0 aliphatic carbocycles. The van der Waals surface area contributed by atoms with Gasteiger partial charge in [0.1, 0.15) is 13.2 Å². The SMILES string of the molecule is CSc1nc(C)cc(Oc2ccc(OCCOc3c(Cl)cc(Cl)cc3Cl)nn2)n1. The molecule has 0 unspecified atom stereocenters. The molecule has 2 aromatic heterocycles. The van der Waals surface area contributed by atoms with E-state index in [4.69, 9.17) is 49.0 Å². The van der Waals surface area contributed by atoms with Crippen LogP contribution < -0.4 is 14.2 Å². The van der Waals surface area contributed by atoms with Crippen LogP contribution >= 0.6 is 46.6 Å². The molecule has 0 N–H and O–H groups in total. The molecule has 0 spiro atoms. The lowest BCUT2D eigenvalue weighted by molar-refractivity contribution is 0.210. The van der Waals surface area contributed by atoms with Crippen molar-refractivity contribution in [1.82, 2.24) is 20.2 Å². The molecule has 0 atom stereocenters. The molecule has 0 radical (unpaired) electrons. The van der Waals surface area contributed by atoms with E-state index < -0.39 is 0 Å². The van der Waals surface area contributed by atoms with Gasteiger partial charge in [-0.25, -0.2) is 4.98 Å². The zero-order valence-electron chi connectivity index (χ0n) is 15.4. The van der Waals surface area contributed by atoms with Crippen molar-refractivity contribution >= 4 is 46.6 Å². The summed E-state index contributed by atoms with van der Waals surface area (Å²) in [4.78, 5) is 8.53. The standard InChI is InChI=1S/C18H15Cl3N4O3S/c1-10-7-16(23-18(22-10)29-2)28-15-4-3-14(24-25-15)26-5-6-27-17-12(20)8-11(19)9-13(17)21/h3-4,7-9H,5-6H2,1-2H3. The fraction of sp³-hybridized carbons (Fsp3) is 0.222. The summed E-state index contributed by atoms with van der Waals surface area (Å²) in [5, 5.41) is 9.64. The largest absolute Gasteiger partial charge is 0.487 e. The van der Waals surface area contributed by atoms with Gasteiger partial charge in [-0.05, 0) is 25.3 Å². The van der Waals surface area contributed by atoms with Crippen molar-refractivity contribution in [1.29, 1.82) is 0 Å². The quantitative estimate of drug-likeness (QED) is 0.241. The van der Waals surface area contributed by atoms with E-state index >= 15 is 0 Å². The smallest absolute Gasteiger partial charge is 0.241 e. The maximum atomic E-state index is 6.06. The first kappa shape index (κ1) is 21.7. The molecule has 0 fully saturated rings. The van der Waals surface area contributed by atoms with Gasteiger partial charge in [-0.3, -0.25) is 0 Å². The first-order valence-corrected chi connectivity index (χ1v) is 10.6. The van der Waals surface area contributed by atoms with E-state index in [0.717, 1.165) is 5.69 Å². The van der Waals surface area contributed by atoms with E-state index in [1.807, 2.05) is 13.2 Å². The zero-order chi connectivity index (χ0) is 20.8. The highest BCUT2D eigenvalue weighted by molar-refractivity contribution is 7.98. The minimum Gasteiger partial charge on any atom is -0.487 e. The third-order valence-corrected chi connectivity index (χ3v) is 4.69. The van der Waals surface area contributed by atoms with Gasteiger partial charge in [-0.2, -0.15) is 4.98 Å².